The molecule has 0 aromatic heterocycles. The average Bonchev–Trinajstić information content (AvgIpc) is 3.54. The molecule has 0 aliphatic carbocycles. The highest BCUT2D eigenvalue weighted by Gasteiger charge is 2.26. The smallest absolute Gasteiger partial charge is 0.130 e. The van der Waals surface area contributed by atoms with Crippen LogP contribution in [0, 0.1) is 0 Å². The minimum absolute atomic E-state index is 0.358. The molecule has 0 unspecified atom stereocenters. The summed E-state index contributed by atoms with van der Waals surface area (Å²) in [6.07, 6.45) is 4.64. The van der Waals surface area contributed by atoms with Crippen LogP contribution in [-0.4, -0.2) is 25.4 Å². The van der Waals surface area contributed by atoms with Crippen LogP contribution in [-0.2, 0) is 35.2 Å². The molecule has 2 aliphatic rings. The Morgan fingerprint density at radius 3 is 1.60 bits per heavy atom. The summed E-state index contributed by atoms with van der Waals surface area (Å²) in [5.74, 6) is 1.91. The molecule has 0 bridgehead atoms. The summed E-state index contributed by atoms with van der Waals surface area (Å²) in [4.78, 5) is 0. The molecule has 2 atom stereocenters. The SMILES string of the molecule is CCc1ccc(Oc2ccc(CC)cc2C[C@H]2CO2)c(C[C@H]2CO2)c1. The highest BCUT2D eigenvalue weighted by molar-refractivity contribution is 5.45. The molecule has 0 radical (unpaired) electrons. The number of ether oxygens (including phenoxy) is 3. The third kappa shape index (κ3) is 4.23. The molecule has 3 heteroatoms. The van der Waals surface area contributed by atoms with E-state index < -0.39 is 0 Å². The van der Waals surface area contributed by atoms with Gasteiger partial charge in [-0.25, -0.2) is 0 Å². The van der Waals surface area contributed by atoms with E-state index in [4.69, 9.17) is 14.2 Å². The van der Waals surface area contributed by atoms with Gasteiger partial charge >= 0.3 is 0 Å². The van der Waals surface area contributed by atoms with Gasteiger partial charge in [0.25, 0.3) is 0 Å². The lowest BCUT2D eigenvalue weighted by Gasteiger charge is -2.16. The van der Waals surface area contributed by atoms with Crippen molar-refractivity contribution < 1.29 is 14.2 Å². The fourth-order valence-electron chi connectivity index (χ4n) is 3.20. The third-order valence-electron chi connectivity index (χ3n) is 4.99. The second-order valence-electron chi connectivity index (χ2n) is 7.01. The Morgan fingerprint density at radius 2 is 1.24 bits per heavy atom. The molecule has 0 spiro atoms. The van der Waals surface area contributed by atoms with E-state index in [-0.39, 0.29) is 0 Å². The fourth-order valence-corrected chi connectivity index (χ4v) is 3.20. The lowest BCUT2D eigenvalue weighted by atomic mass is 10.0. The maximum atomic E-state index is 6.39. The van der Waals surface area contributed by atoms with Gasteiger partial charge in [-0.2, -0.15) is 0 Å². The van der Waals surface area contributed by atoms with Gasteiger partial charge in [-0.1, -0.05) is 38.1 Å². The molecule has 4 rings (SSSR count). The van der Waals surface area contributed by atoms with Gasteiger partial charge in [-0.3, -0.25) is 0 Å². The van der Waals surface area contributed by atoms with Gasteiger partial charge in [-0.05, 0) is 47.2 Å². The molecule has 0 N–H and O–H groups in total. The standard InChI is InChI=1S/C22H26O3/c1-3-15-5-7-21(17(9-15)11-19-13-23-19)25-22-8-6-16(4-2)10-18(22)12-20-14-24-20/h5-10,19-20H,3-4,11-14H2,1-2H3/t19-,20-/m0/s1. The maximum absolute atomic E-state index is 6.39. The van der Waals surface area contributed by atoms with Crippen molar-refractivity contribution in [2.45, 2.75) is 51.7 Å². The Morgan fingerprint density at radius 1 is 0.800 bits per heavy atom. The Labute approximate surface area is 149 Å². The van der Waals surface area contributed by atoms with Crippen LogP contribution in [0.4, 0.5) is 0 Å². The molecule has 0 amide bonds. The second kappa shape index (κ2) is 7.19. The molecule has 2 aromatic carbocycles. The summed E-state index contributed by atoms with van der Waals surface area (Å²) in [6, 6.07) is 13.1. The van der Waals surface area contributed by atoms with Gasteiger partial charge < -0.3 is 14.2 Å². The van der Waals surface area contributed by atoms with Crippen molar-refractivity contribution in [2.24, 2.45) is 0 Å². The number of epoxide rings is 2. The third-order valence-corrected chi connectivity index (χ3v) is 4.99. The molecule has 2 heterocycles. The van der Waals surface area contributed by atoms with E-state index in [9.17, 15) is 0 Å². The predicted molar refractivity (Wildman–Crippen MR) is 98.6 cm³/mol. The van der Waals surface area contributed by atoms with Crippen molar-refractivity contribution in [3.05, 3.63) is 58.7 Å². The van der Waals surface area contributed by atoms with Crippen molar-refractivity contribution in [2.75, 3.05) is 13.2 Å². The van der Waals surface area contributed by atoms with Gasteiger partial charge in [0.2, 0.25) is 0 Å². The van der Waals surface area contributed by atoms with Crippen LogP contribution in [0.5, 0.6) is 11.5 Å². The minimum atomic E-state index is 0.358. The molecule has 2 fully saturated rings. The lowest BCUT2D eigenvalue weighted by Crippen LogP contribution is -2.02. The van der Waals surface area contributed by atoms with E-state index in [2.05, 4.69) is 50.2 Å². The molecular weight excluding hydrogens is 312 g/mol. The minimum Gasteiger partial charge on any atom is -0.457 e. The predicted octanol–water partition coefficient (Wildman–Crippen LogP) is 4.49. The van der Waals surface area contributed by atoms with Crippen LogP contribution in [0.1, 0.15) is 36.1 Å². The average molecular weight is 338 g/mol. The number of aryl methyl sites for hydroxylation is 2. The topological polar surface area (TPSA) is 34.3 Å². The van der Waals surface area contributed by atoms with Crippen LogP contribution >= 0.6 is 0 Å². The Balaban J connectivity index is 1.62. The van der Waals surface area contributed by atoms with E-state index in [0.717, 1.165) is 50.4 Å². The largest absolute Gasteiger partial charge is 0.457 e. The summed E-state index contributed by atoms with van der Waals surface area (Å²) in [5.41, 5.74) is 5.18. The van der Waals surface area contributed by atoms with E-state index in [1.165, 1.54) is 22.3 Å². The van der Waals surface area contributed by atoms with Gasteiger partial charge in [0.15, 0.2) is 0 Å². The Hall–Kier alpha value is -1.84. The Bertz CT molecular complexity index is 681. The first-order chi connectivity index (χ1) is 12.2. The number of rotatable bonds is 8. The first kappa shape index (κ1) is 16.6. The Kier molecular flexibility index (Phi) is 4.78. The van der Waals surface area contributed by atoms with E-state index in [1.807, 2.05) is 0 Å². The number of hydrogen-bond donors (Lipinski definition) is 0. The zero-order valence-corrected chi connectivity index (χ0v) is 15.1. The first-order valence-electron chi connectivity index (χ1n) is 9.39. The lowest BCUT2D eigenvalue weighted by molar-refractivity contribution is 0.398. The molecule has 132 valence electrons. The quantitative estimate of drug-likeness (QED) is 0.665. The van der Waals surface area contributed by atoms with Crippen LogP contribution in [0.15, 0.2) is 36.4 Å². The molecule has 2 aliphatic heterocycles. The zero-order chi connectivity index (χ0) is 17.2. The van der Waals surface area contributed by atoms with E-state index >= 15 is 0 Å². The number of benzene rings is 2. The van der Waals surface area contributed by atoms with Crippen molar-refractivity contribution in [3.8, 4) is 11.5 Å². The van der Waals surface area contributed by atoms with Crippen molar-refractivity contribution in [1.82, 2.24) is 0 Å². The summed E-state index contributed by atoms with van der Waals surface area (Å²) in [6.45, 7) is 6.10. The van der Waals surface area contributed by atoms with Gasteiger partial charge in [0, 0.05) is 12.8 Å². The fraction of sp³-hybridized carbons (Fsp3) is 0.455. The highest BCUT2D eigenvalue weighted by Crippen LogP contribution is 2.33. The summed E-state index contributed by atoms with van der Waals surface area (Å²) < 4.78 is 17.3. The molecule has 3 nitrogen and oxygen atoms in total. The normalized spacial score (nSPS) is 21.2. The monoisotopic (exact) mass is 338 g/mol. The molecular formula is C22H26O3. The van der Waals surface area contributed by atoms with Gasteiger partial charge in [-0.15, -0.1) is 0 Å². The first-order valence-corrected chi connectivity index (χ1v) is 9.39. The molecule has 2 aromatic rings. The van der Waals surface area contributed by atoms with E-state index in [0.29, 0.717) is 12.2 Å². The highest BCUT2D eigenvalue weighted by atomic mass is 16.6. The van der Waals surface area contributed by atoms with Crippen LogP contribution < -0.4 is 4.74 Å². The van der Waals surface area contributed by atoms with Crippen molar-refractivity contribution in [3.63, 3.8) is 0 Å². The van der Waals surface area contributed by atoms with Crippen LogP contribution in [0.25, 0.3) is 0 Å². The molecule has 0 saturated carbocycles. The van der Waals surface area contributed by atoms with Crippen LogP contribution in [0.2, 0.25) is 0 Å². The van der Waals surface area contributed by atoms with Gasteiger partial charge in [0.05, 0.1) is 25.4 Å². The van der Waals surface area contributed by atoms with Crippen molar-refractivity contribution >= 4 is 0 Å². The zero-order valence-electron chi connectivity index (χ0n) is 15.1. The number of hydrogen-bond acceptors (Lipinski definition) is 3. The second-order valence-corrected chi connectivity index (χ2v) is 7.01. The van der Waals surface area contributed by atoms with E-state index in [1.54, 1.807) is 0 Å². The summed E-state index contributed by atoms with van der Waals surface area (Å²) in [7, 11) is 0. The summed E-state index contributed by atoms with van der Waals surface area (Å²) >= 11 is 0. The maximum Gasteiger partial charge on any atom is 0.130 e. The summed E-state index contributed by atoms with van der Waals surface area (Å²) in [5, 5.41) is 0. The van der Waals surface area contributed by atoms with Crippen molar-refractivity contribution in [1.29, 1.82) is 0 Å². The molecule has 25 heavy (non-hydrogen) atoms. The van der Waals surface area contributed by atoms with Gasteiger partial charge in [0.1, 0.15) is 11.5 Å². The van der Waals surface area contributed by atoms with Crippen LogP contribution in [0.3, 0.4) is 0 Å². The molecule has 2 saturated heterocycles.